The lowest BCUT2D eigenvalue weighted by atomic mass is 10.2. The van der Waals surface area contributed by atoms with Crippen LogP contribution in [0.5, 0.6) is 17.2 Å². The molecule has 3 aromatic rings. The summed E-state index contributed by atoms with van der Waals surface area (Å²) in [4.78, 5) is 12.3. The summed E-state index contributed by atoms with van der Waals surface area (Å²) in [7, 11) is 1.65. The Labute approximate surface area is 174 Å². The highest BCUT2D eigenvalue weighted by molar-refractivity contribution is 5.95. The molecular weight excluding hydrogens is 382 g/mol. The molecule has 0 unspecified atom stereocenters. The van der Waals surface area contributed by atoms with Gasteiger partial charge >= 0.3 is 0 Å². The number of hydrazone groups is 1. The van der Waals surface area contributed by atoms with Crippen molar-refractivity contribution in [2.75, 3.05) is 19.2 Å². The Morgan fingerprint density at radius 1 is 1.03 bits per heavy atom. The fourth-order valence-corrected chi connectivity index (χ4v) is 2.91. The zero-order valence-corrected chi connectivity index (χ0v) is 16.4. The predicted octanol–water partition coefficient (Wildman–Crippen LogP) is 3.80. The molecule has 0 atom stereocenters. The van der Waals surface area contributed by atoms with Crippen molar-refractivity contribution in [2.24, 2.45) is 5.10 Å². The van der Waals surface area contributed by atoms with Gasteiger partial charge < -0.3 is 19.5 Å². The van der Waals surface area contributed by atoms with Gasteiger partial charge in [0, 0.05) is 17.8 Å². The summed E-state index contributed by atoms with van der Waals surface area (Å²) in [6.45, 7) is 0.896. The van der Waals surface area contributed by atoms with Crippen molar-refractivity contribution < 1.29 is 19.0 Å². The van der Waals surface area contributed by atoms with Gasteiger partial charge in [-0.3, -0.25) is 4.79 Å². The average Bonchev–Trinajstić information content (AvgIpc) is 3.26. The molecule has 1 aliphatic rings. The van der Waals surface area contributed by atoms with Crippen molar-refractivity contribution in [3.63, 3.8) is 0 Å². The van der Waals surface area contributed by atoms with Gasteiger partial charge in [-0.2, -0.15) is 5.10 Å². The van der Waals surface area contributed by atoms with Gasteiger partial charge in [-0.25, -0.2) is 5.43 Å². The van der Waals surface area contributed by atoms with E-state index >= 15 is 0 Å². The number of nitrogens with zero attached hydrogens (tertiary/aromatic N) is 1. The van der Waals surface area contributed by atoms with E-state index < -0.39 is 0 Å². The largest absolute Gasteiger partial charge is 0.497 e. The van der Waals surface area contributed by atoms with Crippen LogP contribution in [0.4, 0.5) is 5.69 Å². The SMILES string of the molecule is COc1ccc(CNc2ccc(C(=O)NN=Cc3ccc4c(c3)OCO4)cc2)cc1. The minimum atomic E-state index is -0.284. The zero-order valence-electron chi connectivity index (χ0n) is 16.4. The van der Waals surface area contributed by atoms with Gasteiger partial charge in [0.05, 0.1) is 13.3 Å². The first-order valence-corrected chi connectivity index (χ1v) is 9.41. The first kappa shape index (κ1) is 19.3. The molecule has 1 aliphatic heterocycles. The fourth-order valence-electron chi connectivity index (χ4n) is 2.91. The highest BCUT2D eigenvalue weighted by atomic mass is 16.7. The maximum atomic E-state index is 12.3. The summed E-state index contributed by atoms with van der Waals surface area (Å²) in [6, 6.07) is 20.5. The highest BCUT2D eigenvalue weighted by Crippen LogP contribution is 2.31. The Bertz CT molecular complexity index is 1050. The van der Waals surface area contributed by atoms with E-state index in [0.717, 1.165) is 22.6 Å². The van der Waals surface area contributed by atoms with Crippen molar-refractivity contribution in [3.05, 3.63) is 83.4 Å². The molecule has 0 fully saturated rings. The minimum absolute atomic E-state index is 0.220. The van der Waals surface area contributed by atoms with Crippen molar-refractivity contribution in [1.29, 1.82) is 0 Å². The first-order chi connectivity index (χ1) is 14.7. The van der Waals surface area contributed by atoms with Gasteiger partial charge in [-0.1, -0.05) is 12.1 Å². The average molecular weight is 403 g/mol. The molecule has 0 aromatic heterocycles. The Morgan fingerprint density at radius 2 is 1.80 bits per heavy atom. The van der Waals surface area contributed by atoms with E-state index in [9.17, 15) is 4.79 Å². The number of anilines is 1. The summed E-state index contributed by atoms with van der Waals surface area (Å²) in [5, 5.41) is 7.33. The lowest BCUT2D eigenvalue weighted by molar-refractivity contribution is 0.0955. The number of ether oxygens (including phenoxy) is 3. The molecule has 0 saturated carbocycles. The molecule has 7 nitrogen and oxygen atoms in total. The monoisotopic (exact) mass is 403 g/mol. The van der Waals surface area contributed by atoms with Gasteiger partial charge in [-0.05, 0) is 65.7 Å². The molecule has 30 heavy (non-hydrogen) atoms. The van der Waals surface area contributed by atoms with Gasteiger partial charge in [0.1, 0.15) is 5.75 Å². The maximum Gasteiger partial charge on any atom is 0.271 e. The number of benzene rings is 3. The standard InChI is InChI=1S/C23H21N3O4/c1-28-20-9-2-16(3-10-20)13-24-19-7-5-18(6-8-19)23(27)26-25-14-17-4-11-21-22(12-17)30-15-29-21/h2-12,14,24H,13,15H2,1H3,(H,26,27). The van der Waals surface area contributed by atoms with E-state index in [-0.39, 0.29) is 12.7 Å². The number of rotatable bonds is 7. The van der Waals surface area contributed by atoms with E-state index in [1.807, 2.05) is 48.5 Å². The number of fused-ring (bicyclic) bond motifs is 1. The second kappa shape index (κ2) is 9.00. The van der Waals surface area contributed by atoms with Crippen LogP contribution in [0, 0.1) is 0 Å². The molecule has 0 aliphatic carbocycles. The number of amides is 1. The first-order valence-electron chi connectivity index (χ1n) is 9.41. The molecule has 0 saturated heterocycles. The van der Waals surface area contributed by atoms with E-state index in [4.69, 9.17) is 14.2 Å². The third-order valence-corrected chi connectivity index (χ3v) is 4.58. The second-order valence-corrected chi connectivity index (χ2v) is 6.59. The van der Waals surface area contributed by atoms with Gasteiger partial charge in [0.25, 0.3) is 5.91 Å². The third-order valence-electron chi connectivity index (χ3n) is 4.58. The number of carbonyl (C=O) groups excluding carboxylic acids is 1. The van der Waals surface area contributed by atoms with Crippen LogP contribution < -0.4 is 25.0 Å². The van der Waals surface area contributed by atoms with Gasteiger partial charge in [0.2, 0.25) is 6.79 Å². The quantitative estimate of drug-likeness (QED) is 0.463. The molecule has 4 rings (SSSR count). The Kier molecular flexibility index (Phi) is 5.80. The molecule has 0 radical (unpaired) electrons. The van der Waals surface area contributed by atoms with E-state index in [0.29, 0.717) is 23.6 Å². The molecule has 1 heterocycles. The van der Waals surface area contributed by atoms with E-state index in [1.165, 1.54) is 0 Å². The van der Waals surface area contributed by atoms with Crippen LogP contribution in [0.3, 0.4) is 0 Å². The fraction of sp³-hybridized carbons (Fsp3) is 0.130. The topological polar surface area (TPSA) is 81.2 Å². The van der Waals surface area contributed by atoms with Crippen LogP contribution in [0.1, 0.15) is 21.5 Å². The van der Waals surface area contributed by atoms with Crippen LogP contribution in [-0.2, 0) is 6.54 Å². The molecule has 0 spiro atoms. The Morgan fingerprint density at radius 3 is 2.57 bits per heavy atom. The lowest BCUT2D eigenvalue weighted by Gasteiger charge is -2.08. The van der Waals surface area contributed by atoms with Crippen LogP contribution in [0.2, 0.25) is 0 Å². The predicted molar refractivity (Wildman–Crippen MR) is 114 cm³/mol. The number of hydrogen-bond donors (Lipinski definition) is 2. The zero-order chi connectivity index (χ0) is 20.8. The summed E-state index contributed by atoms with van der Waals surface area (Å²) in [5.74, 6) is 1.92. The summed E-state index contributed by atoms with van der Waals surface area (Å²) in [5.41, 5.74) is 5.91. The van der Waals surface area contributed by atoms with Crippen molar-refractivity contribution >= 4 is 17.8 Å². The number of carbonyl (C=O) groups is 1. The number of hydrogen-bond acceptors (Lipinski definition) is 6. The van der Waals surface area contributed by atoms with Gasteiger partial charge in [0.15, 0.2) is 11.5 Å². The summed E-state index contributed by atoms with van der Waals surface area (Å²) in [6.07, 6.45) is 1.56. The maximum absolute atomic E-state index is 12.3. The summed E-state index contributed by atoms with van der Waals surface area (Å²) < 4.78 is 15.8. The molecular formula is C23H21N3O4. The molecule has 7 heteroatoms. The van der Waals surface area contributed by atoms with E-state index in [1.54, 1.807) is 31.5 Å². The van der Waals surface area contributed by atoms with Crippen molar-refractivity contribution in [2.45, 2.75) is 6.54 Å². The van der Waals surface area contributed by atoms with Gasteiger partial charge in [-0.15, -0.1) is 0 Å². The summed E-state index contributed by atoms with van der Waals surface area (Å²) >= 11 is 0. The van der Waals surface area contributed by atoms with Crippen LogP contribution in [0.15, 0.2) is 71.8 Å². The van der Waals surface area contributed by atoms with Crippen molar-refractivity contribution in [3.8, 4) is 17.2 Å². The van der Waals surface area contributed by atoms with Crippen molar-refractivity contribution in [1.82, 2.24) is 5.43 Å². The molecule has 0 bridgehead atoms. The highest BCUT2D eigenvalue weighted by Gasteiger charge is 2.12. The third kappa shape index (κ3) is 4.70. The van der Waals surface area contributed by atoms with Crippen LogP contribution >= 0.6 is 0 Å². The Hall–Kier alpha value is -4.00. The minimum Gasteiger partial charge on any atom is -0.497 e. The molecule has 2 N–H and O–H groups in total. The molecule has 3 aromatic carbocycles. The molecule has 1 amide bonds. The van der Waals surface area contributed by atoms with Crippen LogP contribution in [-0.4, -0.2) is 26.0 Å². The second-order valence-electron chi connectivity index (χ2n) is 6.59. The van der Waals surface area contributed by atoms with E-state index in [2.05, 4.69) is 15.8 Å². The number of methoxy groups -OCH3 is 1. The Balaban J connectivity index is 1.29. The molecule has 152 valence electrons. The lowest BCUT2D eigenvalue weighted by Crippen LogP contribution is -2.17. The smallest absolute Gasteiger partial charge is 0.271 e. The van der Waals surface area contributed by atoms with Crippen LogP contribution in [0.25, 0.3) is 0 Å². The number of nitrogens with one attached hydrogen (secondary N) is 2. The normalized spacial score (nSPS) is 12.0.